The number of hydrogen-bond acceptors (Lipinski definition) is 5. The number of thiophene rings is 1. The lowest BCUT2D eigenvalue weighted by atomic mass is 10.2. The van der Waals surface area contributed by atoms with E-state index in [4.69, 9.17) is 4.42 Å². The largest absolute Gasteiger partial charge is 0.421 e. The fourth-order valence-corrected chi connectivity index (χ4v) is 2.96. The molecule has 0 unspecified atom stereocenters. The van der Waals surface area contributed by atoms with Crippen LogP contribution in [0.2, 0.25) is 0 Å². The Kier molecular flexibility index (Phi) is 3.57. The third-order valence-electron chi connectivity index (χ3n) is 3.00. The summed E-state index contributed by atoms with van der Waals surface area (Å²) in [7, 11) is 1.94. The Morgan fingerprint density at radius 3 is 3.05 bits per heavy atom. The van der Waals surface area contributed by atoms with Gasteiger partial charge in [-0.3, -0.25) is 0 Å². The van der Waals surface area contributed by atoms with Crippen LogP contribution in [0.3, 0.4) is 0 Å². The zero-order valence-corrected chi connectivity index (χ0v) is 11.5. The topological polar surface area (TPSA) is 51.0 Å². The molecule has 0 atom stereocenters. The maximum absolute atomic E-state index is 5.74. The van der Waals surface area contributed by atoms with Crippen LogP contribution in [0.4, 0.5) is 0 Å². The van der Waals surface area contributed by atoms with Crippen molar-refractivity contribution in [3.63, 3.8) is 0 Å². The summed E-state index contributed by atoms with van der Waals surface area (Å²) in [5.41, 5.74) is 1.04. The molecule has 0 saturated carbocycles. The molecule has 4 nitrogen and oxygen atoms in total. The highest BCUT2D eigenvalue weighted by Gasteiger charge is 2.12. The van der Waals surface area contributed by atoms with Gasteiger partial charge in [0.05, 0.1) is 5.56 Å². The first kappa shape index (κ1) is 12.3. The minimum Gasteiger partial charge on any atom is -0.421 e. The molecule has 19 heavy (non-hydrogen) atoms. The van der Waals surface area contributed by atoms with Gasteiger partial charge in [-0.15, -0.1) is 21.5 Å². The van der Waals surface area contributed by atoms with Gasteiger partial charge in [-0.1, -0.05) is 18.2 Å². The second-order valence-electron chi connectivity index (χ2n) is 4.35. The monoisotopic (exact) mass is 273 g/mol. The van der Waals surface area contributed by atoms with Crippen LogP contribution in [0.1, 0.15) is 12.3 Å². The molecule has 1 aromatic carbocycles. The van der Waals surface area contributed by atoms with Crippen LogP contribution >= 0.6 is 11.3 Å². The molecule has 0 fully saturated rings. The van der Waals surface area contributed by atoms with Gasteiger partial charge in [0.1, 0.15) is 0 Å². The minimum absolute atomic E-state index is 0.622. The third kappa shape index (κ3) is 2.52. The van der Waals surface area contributed by atoms with E-state index < -0.39 is 0 Å². The molecule has 2 heterocycles. The number of nitrogens with one attached hydrogen (secondary N) is 1. The van der Waals surface area contributed by atoms with Crippen molar-refractivity contribution in [2.45, 2.75) is 12.8 Å². The number of fused-ring (bicyclic) bond motifs is 1. The summed E-state index contributed by atoms with van der Waals surface area (Å²) >= 11 is 1.70. The van der Waals surface area contributed by atoms with Gasteiger partial charge < -0.3 is 9.73 Å². The van der Waals surface area contributed by atoms with Crippen LogP contribution in [0.5, 0.6) is 0 Å². The van der Waals surface area contributed by atoms with Gasteiger partial charge in [-0.25, -0.2) is 0 Å². The maximum Gasteiger partial charge on any atom is 0.249 e. The number of nitrogens with zero attached hydrogens (tertiary/aromatic N) is 2. The minimum atomic E-state index is 0.622. The van der Waals surface area contributed by atoms with E-state index in [0.717, 1.165) is 24.9 Å². The highest BCUT2D eigenvalue weighted by Crippen LogP contribution is 2.32. The fourth-order valence-electron chi connectivity index (χ4n) is 2.02. The molecule has 0 saturated heterocycles. The lowest BCUT2D eigenvalue weighted by Gasteiger charge is -1.95. The van der Waals surface area contributed by atoms with Crippen LogP contribution in [-0.2, 0) is 6.42 Å². The lowest BCUT2D eigenvalue weighted by molar-refractivity contribution is 0.495. The molecule has 5 heteroatoms. The summed E-state index contributed by atoms with van der Waals surface area (Å²) in [6.07, 6.45) is 1.82. The SMILES string of the molecule is CNCCCc1nnc(-c2csc3ccccc23)o1. The van der Waals surface area contributed by atoms with Crippen molar-refractivity contribution >= 4 is 21.4 Å². The molecule has 1 N–H and O–H groups in total. The second-order valence-corrected chi connectivity index (χ2v) is 5.26. The molecule has 0 aliphatic carbocycles. The van der Waals surface area contributed by atoms with Crippen molar-refractivity contribution in [1.82, 2.24) is 15.5 Å². The zero-order valence-electron chi connectivity index (χ0n) is 10.7. The Morgan fingerprint density at radius 2 is 2.16 bits per heavy atom. The molecule has 3 aromatic rings. The van der Waals surface area contributed by atoms with E-state index in [0.29, 0.717) is 11.8 Å². The van der Waals surface area contributed by atoms with E-state index in [9.17, 15) is 0 Å². The highest BCUT2D eigenvalue weighted by atomic mass is 32.1. The van der Waals surface area contributed by atoms with Crippen molar-refractivity contribution < 1.29 is 4.42 Å². The van der Waals surface area contributed by atoms with Crippen LogP contribution in [0.25, 0.3) is 21.5 Å². The fraction of sp³-hybridized carbons (Fsp3) is 0.286. The summed E-state index contributed by atoms with van der Waals surface area (Å²) in [4.78, 5) is 0. The summed E-state index contributed by atoms with van der Waals surface area (Å²) in [5.74, 6) is 1.33. The van der Waals surface area contributed by atoms with Gasteiger partial charge in [0.2, 0.25) is 11.8 Å². The molecule has 3 rings (SSSR count). The molecule has 0 aliphatic rings. The van der Waals surface area contributed by atoms with Crippen molar-refractivity contribution in [3.8, 4) is 11.5 Å². The van der Waals surface area contributed by atoms with E-state index >= 15 is 0 Å². The molecule has 98 valence electrons. The van der Waals surface area contributed by atoms with E-state index in [2.05, 4.69) is 33.0 Å². The molecule has 2 aromatic heterocycles. The van der Waals surface area contributed by atoms with Crippen LogP contribution in [-0.4, -0.2) is 23.8 Å². The third-order valence-corrected chi connectivity index (χ3v) is 3.96. The number of benzene rings is 1. The summed E-state index contributed by atoms with van der Waals surface area (Å²) in [6.45, 7) is 0.957. The van der Waals surface area contributed by atoms with Gasteiger partial charge >= 0.3 is 0 Å². The van der Waals surface area contributed by atoms with E-state index in [1.807, 2.05) is 19.2 Å². The van der Waals surface area contributed by atoms with Gasteiger partial charge in [0, 0.05) is 21.9 Å². The van der Waals surface area contributed by atoms with Crippen molar-refractivity contribution in [1.29, 1.82) is 0 Å². The quantitative estimate of drug-likeness (QED) is 0.726. The van der Waals surface area contributed by atoms with E-state index in [1.165, 1.54) is 10.1 Å². The van der Waals surface area contributed by atoms with Gasteiger partial charge in [-0.05, 0) is 26.1 Å². The predicted octanol–water partition coefficient (Wildman–Crippen LogP) is 3.10. The van der Waals surface area contributed by atoms with E-state index in [-0.39, 0.29) is 0 Å². The first-order valence-electron chi connectivity index (χ1n) is 6.32. The number of hydrogen-bond donors (Lipinski definition) is 1. The molecular weight excluding hydrogens is 258 g/mol. The van der Waals surface area contributed by atoms with Gasteiger partial charge in [-0.2, -0.15) is 0 Å². The number of aromatic nitrogens is 2. The standard InChI is InChI=1S/C14H15N3OS/c1-15-8-4-7-13-16-17-14(18-13)11-9-19-12-6-3-2-5-10(11)12/h2-3,5-6,9,15H,4,7-8H2,1H3. The van der Waals surface area contributed by atoms with Crippen LogP contribution in [0, 0.1) is 0 Å². The van der Waals surface area contributed by atoms with Gasteiger partial charge in [0.15, 0.2) is 0 Å². The van der Waals surface area contributed by atoms with Crippen LogP contribution in [0.15, 0.2) is 34.1 Å². The Morgan fingerprint density at radius 1 is 1.26 bits per heavy atom. The second kappa shape index (κ2) is 5.50. The summed E-state index contributed by atoms with van der Waals surface area (Å²) in [6, 6.07) is 8.27. The van der Waals surface area contributed by atoms with Crippen molar-refractivity contribution in [2.24, 2.45) is 0 Å². The molecule has 0 bridgehead atoms. The number of aryl methyl sites for hydroxylation is 1. The van der Waals surface area contributed by atoms with Crippen molar-refractivity contribution in [3.05, 3.63) is 35.5 Å². The first-order valence-corrected chi connectivity index (χ1v) is 7.20. The Bertz CT molecular complexity index is 674. The van der Waals surface area contributed by atoms with Crippen molar-refractivity contribution in [2.75, 3.05) is 13.6 Å². The first-order chi connectivity index (χ1) is 9.38. The summed E-state index contributed by atoms with van der Waals surface area (Å²) < 4.78 is 6.98. The smallest absolute Gasteiger partial charge is 0.249 e. The molecular formula is C14H15N3OS. The molecule has 0 amide bonds. The summed E-state index contributed by atoms with van der Waals surface area (Å²) in [5, 5.41) is 14.6. The maximum atomic E-state index is 5.74. The van der Waals surface area contributed by atoms with E-state index in [1.54, 1.807) is 11.3 Å². The molecule has 0 radical (unpaired) electrons. The van der Waals surface area contributed by atoms with Crippen LogP contribution < -0.4 is 5.32 Å². The average Bonchev–Trinajstić information content (AvgIpc) is 3.05. The highest BCUT2D eigenvalue weighted by molar-refractivity contribution is 7.17. The lowest BCUT2D eigenvalue weighted by Crippen LogP contribution is -2.08. The predicted molar refractivity (Wildman–Crippen MR) is 77.4 cm³/mol. The Hall–Kier alpha value is -1.72. The molecule has 0 spiro atoms. The zero-order chi connectivity index (χ0) is 13.1. The van der Waals surface area contributed by atoms with Gasteiger partial charge in [0.25, 0.3) is 0 Å². The Labute approximate surface area is 115 Å². The average molecular weight is 273 g/mol. The number of rotatable bonds is 5. The Balaban J connectivity index is 1.86. The molecule has 0 aliphatic heterocycles. The normalized spacial score (nSPS) is 11.2.